The highest BCUT2D eigenvalue weighted by molar-refractivity contribution is 5.99. The van der Waals surface area contributed by atoms with Gasteiger partial charge in [-0.3, -0.25) is 5.32 Å². The predicted octanol–water partition coefficient (Wildman–Crippen LogP) is 4.62. The second-order valence-corrected chi connectivity index (χ2v) is 8.33. The maximum Gasteiger partial charge on any atom is 0.130 e. The topological polar surface area (TPSA) is 106 Å². The second-order valence-electron chi connectivity index (χ2n) is 8.33. The van der Waals surface area contributed by atoms with E-state index in [9.17, 15) is 22.7 Å². The van der Waals surface area contributed by atoms with Gasteiger partial charge in [-0.2, -0.15) is 5.26 Å². The van der Waals surface area contributed by atoms with Gasteiger partial charge in [0.25, 0.3) is 0 Å². The molecule has 0 aliphatic heterocycles. The number of nitriles is 1. The van der Waals surface area contributed by atoms with Gasteiger partial charge in [0, 0.05) is 54.3 Å². The molecule has 0 aromatic heterocycles. The Hall–Kier alpha value is -2.80. The van der Waals surface area contributed by atoms with Crippen LogP contribution in [0.1, 0.15) is 32.1 Å². The van der Waals surface area contributed by atoms with Crippen LogP contribution in [0.15, 0.2) is 70.9 Å². The summed E-state index contributed by atoms with van der Waals surface area (Å²) in [4.78, 5) is 0. The molecule has 0 heterocycles. The molecule has 5 N–H and O–H groups in total. The summed E-state index contributed by atoms with van der Waals surface area (Å²) in [6.45, 7) is 0. The van der Waals surface area contributed by atoms with Crippen LogP contribution in [0.2, 0.25) is 0 Å². The zero-order chi connectivity index (χ0) is 24.1. The highest BCUT2D eigenvalue weighted by atomic mass is 19.1. The fourth-order valence-electron chi connectivity index (χ4n) is 4.15. The summed E-state index contributed by atoms with van der Waals surface area (Å²) in [5, 5.41) is 30.7. The summed E-state index contributed by atoms with van der Waals surface area (Å²) in [5.74, 6) is -4.00. The average molecular weight is 462 g/mol. The van der Waals surface area contributed by atoms with Gasteiger partial charge in [0.05, 0.1) is 12.0 Å². The van der Waals surface area contributed by atoms with Gasteiger partial charge < -0.3 is 16.2 Å². The normalized spacial score (nSPS) is 25.8. The van der Waals surface area contributed by atoms with E-state index in [0.29, 0.717) is 12.0 Å². The molecule has 0 saturated heterocycles. The van der Waals surface area contributed by atoms with E-state index < -0.39 is 47.5 Å². The molecule has 9 heteroatoms. The first-order chi connectivity index (χ1) is 15.7. The molecular weight excluding hydrogens is 436 g/mol. The van der Waals surface area contributed by atoms with E-state index in [1.807, 2.05) is 0 Å². The largest absolute Gasteiger partial charge is 0.378 e. The van der Waals surface area contributed by atoms with E-state index in [0.717, 1.165) is 12.2 Å². The first-order valence-electron chi connectivity index (χ1n) is 10.7. The van der Waals surface area contributed by atoms with E-state index in [1.54, 1.807) is 18.2 Å². The van der Waals surface area contributed by atoms with Crippen LogP contribution < -0.4 is 11.1 Å². The van der Waals surface area contributed by atoms with Crippen molar-refractivity contribution < 1.29 is 22.7 Å². The maximum atomic E-state index is 14.5. The van der Waals surface area contributed by atoms with Gasteiger partial charge in [0.15, 0.2) is 0 Å². The van der Waals surface area contributed by atoms with Crippen molar-refractivity contribution in [1.82, 2.24) is 5.32 Å². The molecule has 0 spiro atoms. The summed E-state index contributed by atoms with van der Waals surface area (Å²) < 4.78 is 55.1. The Bertz CT molecular complexity index is 1020. The van der Waals surface area contributed by atoms with Crippen molar-refractivity contribution in [3.05, 3.63) is 70.9 Å². The number of aliphatic hydroxyl groups excluding tert-OH is 1. The van der Waals surface area contributed by atoms with Gasteiger partial charge in [0.1, 0.15) is 29.5 Å². The molecule has 0 aromatic rings. The number of hydrogen-bond donors (Lipinski definition) is 4. The van der Waals surface area contributed by atoms with Crippen molar-refractivity contribution >= 4 is 5.71 Å². The molecule has 3 aliphatic carbocycles. The van der Waals surface area contributed by atoms with E-state index in [2.05, 4.69) is 11.4 Å². The van der Waals surface area contributed by atoms with Crippen molar-refractivity contribution in [3.63, 3.8) is 0 Å². The zero-order valence-corrected chi connectivity index (χ0v) is 17.9. The highest BCUT2D eigenvalue weighted by Crippen LogP contribution is 2.32. The summed E-state index contributed by atoms with van der Waals surface area (Å²) in [5.41, 5.74) is 6.82. The van der Waals surface area contributed by atoms with Crippen LogP contribution in [0.4, 0.5) is 17.6 Å². The first kappa shape index (κ1) is 24.8. The van der Waals surface area contributed by atoms with Gasteiger partial charge in [-0.25, -0.2) is 17.6 Å². The Morgan fingerprint density at radius 3 is 2.58 bits per heavy atom. The second kappa shape index (κ2) is 10.9. The van der Waals surface area contributed by atoms with Gasteiger partial charge >= 0.3 is 0 Å². The predicted molar refractivity (Wildman–Crippen MR) is 117 cm³/mol. The minimum Gasteiger partial charge on any atom is -0.378 e. The lowest BCUT2D eigenvalue weighted by Crippen LogP contribution is -2.54. The Kier molecular flexibility index (Phi) is 8.19. The highest BCUT2D eigenvalue weighted by Gasteiger charge is 2.34. The molecule has 3 aliphatic rings. The number of nitrogens with two attached hydrogens (primary N) is 1. The number of nitrogens with zero attached hydrogens (tertiary/aromatic N) is 1. The molecule has 33 heavy (non-hydrogen) atoms. The van der Waals surface area contributed by atoms with E-state index in [4.69, 9.17) is 16.4 Å². The first-order valence-corrected chi connectivity index (χ1v) is 10.7. The zero-order valence-electron chi connectivity index (χ0n) is 17.9. The van der Waals surface area contributed by atoms with Crippen LogP contribution in [0.25, 0.3) is 0 Å². The van der Waals surface area contributed by atoms with Crippen LogP contribution in [0.5, 0.6) is 0 Å². The number of allylic oxidation sites excluding steroid dienone is 9. The number of aliphatic hydroxyl groups is 1. The lowest BCUT2D eigenvalue weighted by Gasteiger charge is -2.35. The number of halogens is 4. The molecule has 5 nitrogen and oxygen atoms in total. The van der Waals surface area contributed by atoms with Gasteiger partial charge in [-0.1, -0.05) is 18.2 Å². The van der Waals surface area contributed by atoms with Crippen molar-refractivity contribution in [2.75, 3.05) is 0 Å². The van der Waals surface area contributed by atoms with Crippen LogP contribution in [0.3, 0.4) is 0 Å². The molecule has 5 atom stereocenters. The Labute approximate surface area is 189 Å². The number of hydrogen-bond acceptors (Lipinski definition) is 5. The Morgan fingerprint density at radius 2 is 1.97 bits per heavy atom. The minimum atomic E-state index is -1.34. The lowest BCUT2D eigenvalue weighted by atomic mass is 9.82. The Morgan fingerprint density at radius 1 is 1.21 bits per heavy atom. The van der Waals surface area contributed by atoms with Gasteiger partial charge in [0.2, 0.25) is 0 Å². The molecule has 3 rings (SSSR count). The van der Waals surface area contributed by atoms with Crippen LogP contribution in [0, 0.1) is 28.6 Å². The molecule has 0 amide bonds. The summed E-state index contributed by atoms with van der Waals surface area (Å²) in [6, 6.07) is 0.430. The number of nitrogens with one attached hydrogen (secondary N) is 2. The minimum absolute atomic E-state index is 0.0160. The van der Waals surface area contributed by atoms with Crippen molar-refractivity contribution in [3.8, 4) is 6.07 Å². The maximum absolute atomic E-state index is 14.5. The summed E-state index contributed by atoms with van der Waals surface area (Å²) >= 11 is 0. The SMILES string of the molecule is N#CC1C=CC(C(NC(O)CC(=N)C2=C(F)C=C(F)CC2)C(N)C2CC=C(F)C=C2F)=CC1. The molecule has 0 radical (unpaired) electrons. The third-order valence-corrected chi connectivity index (χ3v) is 6.02. The van der Waals surface area contributed by atoms with E-state index >= 15 is 0 Å². The molecule has 0 bridgehead atoms. The smallest absolute Gasteiger partial charge is 0.130 e. The van der Waals surface area contributed by atoms with Crippen LogP contribution in [-0.2, 0) is 0 Å². The van der Waals surface area contributed by atoms with E-state index in [-0.39, 0.29) is 42.9 Å². The summed E-state index contributed by atoms with van der Waals surface area (Å²) in [7, 11) is 0. The number of rotatable bonds is 8. The molecular formula is C24H26F4N4O. The molecule has 176 valence electrons. The van der Waals surface area contributed by atoms with Crippen molar-refractivity contribution in [1.29, 1.82) is 10.7 Å². The fourth-order valence-corrected chi connectivity index (χ4v) is 4.15. The van der Waals surface area contributed by atoms with Crippen LogP contribution >= 0.6 is 0 Å². The van der Waals surface area contributed by atoms with Crippen LogP contribution in [-0.4, -0.2) is 29.1 Å². The average Bonchev–Trinajstić information content (AvgIpc) is 2.77. The van der Waals surface area contributed by atoms with Crippen molar-refractivity contribution in [2.24, 2.45) is 17.6 Å². The Balaban J connectivity index is 1.77. The third-order valence-electron chi connectivity index (χ3n) is 6.02. The van der Waals surface area contributed by atoms with E-state index in [1.165, 1.54) is 6.08 Å². The monoisotopic (exact) mass is 462 g/mol. The fraction of sp³-hybridized carbons (Fsp3) is 0.417. The molecule has 0 aromatic carbocycles. The standard InChI is InChI=1S/C24H26F4N4O/c25-15-5-7-17(19(27)9-15)21(30)11-22(33)32-24(14-3-1-13(12-29)2-4-14)23(31)18-8-6-16(26)10-20(18)28/h1,3-4,6,9-10,13,18,22-24,30,32-33H,2,5,7-8,11,31H2. The third kappa shape index (κ3) is 6.16. The summed E-state index contributed by atoms with van der Waals surface area (Å²) in [6.07, 6.45) is 6.69. The van der Waals surface area contributed by atoms with Gasteiger partial charge in [-0.15, -0.1) is 0 Å². The van der Waals surface area contributed by atoms with Crippen molar-refractivity contribution in [2.45, 2.75) is 50.4 Å². The molecule has 0 saturated carbocycles. The molecule has 0 fully saturated rings. The quantitative estimate of drug-likeness (QED) is 0.240. The lowest BCUT2D eigenvalue weighted by molar-refractivity contribution is 0.125. The van der Waals surface area contributed by atoms with Gasteiger partial charge in [-0.05, 0) is 30.9 Å². The molecule has 5 unspecified atom stereocenters.